The third-order valence-corrected chi connectivity index (χ3v) is 5.67. The Labute approximate surface area is 160 Å². The van der Waals surface area contributed by atoms with E-state index in [1.165, 1.54) is 11.8 Å². The molecule has 2 amide bonds. The Kier molecular flexibility index (Phi) is 5.89. The quantitative estimate of drug-likeness (QED) is 0.800. The third-order valence-electron chi connectivity index (χ3n) is 3.81. The molecule has 7 heteroatoms. The SMILES string of the molecule is O=C(C[C@H]1Sc2ccccc2NC1=O)NCCc1ccc(Cl)cc1Cl. The van der Waals surface area contributed by atoms with Crippen LogP contribution >= 0.6 is 35.0 Å². The van der Waals surface area contributed by atoms with Crippen molar-refractivity contribution in [2.75, 3.05) is 11.9 Å². The second-order valence-electron chi connectivity index (χ2n) is 5.63. The van der Waals surface area contributed by atoms with Crippen molar-refractivity contribution in [1.29, 1.82) is 0 Å². The summed E-state index contributed by atoms with van der Waals surface area (Å²) >= 11 is 13.4. The number of nitrogens with one attached hydrogen (secondary N) is 2. The standard InChI is InChI=1S/C18H16Cl2N2O2S/c19-12-6-5-11(13(20)9-12)7-8-21-17(23)10-16-18(24)22-14-3-1-2-4-15(14)25-16/h1-6,9,16H,7-8,10H2,(H,21,23)(H,22,24)/t16-/m1/s1. The molecule has 0 unspecified atom stereocenters. The van der Waals surface area contributed by atoms with Crippen LogP contribution in [0.25, 0.3) is 0 Å². The molecule has 1 aliphatic rings. The Bertz CT molecular complexity index is 813. The van der Waals surface area contributed by atoms with Gasteiger partial charge in [-0.15, -0.1) is 11.8 Å². The van der Waals surface area contributed by atoms with Crippen molar-refractivity contribution in [3.8, 4) is 0 Å². The monoisotopic (exact) mass is 394 g/mol. The molecule has 0 fully saturated rings. The lowest BCUT2D eigenvalue weighted by molar-refractivity contribution is -0.124. The van der Waals surface area contributed by atoms with Gasteiger partial charge in [0.2, 0.25) is 11.8 Å². The molecule has 3 rings (SSSR count). The van der Waals surface area contributed by atoms with Crippen LogP contribution in [0.5, 0.6) is 0 Å². The minimum Gasteiger partial charge on any atom is -0.356 e. The maximum absolute atomic E-state index is 12.1. The molecule has 25 heavy (non-hydrogen) atoms. The zero-order valence-corrected chi connectivity index (χ0v) is 15.5. The molecule has 2 N–H and O–H groups in total. The number of carbonyl (C=O) groups is 2. The van der Waals surface area contributed by atoms with E-state index in [4.69, 9.17) is 23.2 Å². The molecular formula is C18H16Cl2N2O2S. The normalized spacial score (nSPS) is 16.1. The number of halogens is 2. The fourth-order valence-corrected chi connectivity index (χ4v) is 4.14. The zero-order valence-electron chi connectivity index (χ0n) is 13.2. The number of hydrogen-bond acceptors (Lipinski definition) is 3. The predicted molar refractivity (Wildman–Crippen MR) is 103 cm³/mol. The summed E-state index contributed by atoms with van der Waals surface area (Å²) < 4.78 is 0. The van der Waals surface area contributed by atoms with E-state index in [0.29, 0.717) is 23.0 Å². The van der Waals surface area contributed by atoms with Crippen molar-refractivity contribution in [2.24, 2.45) is 0 Å². The van der Waals surface area contributed by atoms with E-state index in [1.807, 2.05) is 30.3 Å². The molecule has 0 aromatic heterocycles. The van der Waals surface area contributed by atoms with Crippen LogP contribution in [0, 0.1) is 0 Å². The summed E-state index contributed by atoms with van der Waals surface area (Å²) in [5, 5.41) is 6.42. The highest BCUT2D eigenvalue weighted by atomic mass is 35.5. The van der Waals surface area contributed by atoms with E-state index in [2.05, 4.69) is 10.6 Å². The summed E-state index contributed by atoms with van der Waals surface area (Å²) in [5.41, 5.74) is 1.72. The Balaban J connectivity index is 1.50. The smallest absolute Gasteiger partial charge is 0.238 e. The first-order valence-corrected chi connectivity index (χ1v) is 9.43. The number of benzene rings is 2. The number of thioether (sulfide) groups is 1. The maximum atomic E-state index is 12.1. The average Bonchev–Trinajstić information content (AvgIpc) is 2.57. The molecule has 1 aliphatic heterocycles. The first kappa shape index (κ1) is 18.1. The van der Waals surface area contributed by atoms with Gasteiger partial charge >= 0.3 is 0 Å². The number of anilines is 1. The molecule has 1 heterocycles. The number of carbonyl (C=O) groups excluding carboxylic acids is 2. The summed E-state index contributed by atoms with van der Waals surface area (Å²) in [6.07, 6.45) is 0.744. The summed E-state index contributed by atoms with van der Waals surface area (Å²) in [7, 11) is 0. The van der Waals surface area contributed by atoms with Gasteiger partial charge in [-0.05, 0) is 36.2 Å². The minimum absolute atomic E-state index is 0.138. The van der Waals surface area contributed by atoms with Gasteiger partial charge in [-0.1, -0.05) is 41.4 Å². The molecule has 0 saturated heterocycles. The van der Waals surface area contributed by atoms with Crippen LogP contribution in [0.2, 0.25) is 10.0 Å². The van der Waals surface area contributed by atoms with Crippen LogP contribution in [0.4, 0.5) is 5.69 Å². The first-order valence-electron chi connectivity index (χ1n) is 7.80. The number of rotatable bonds is 5. The molecule has 0 aliphatic carbocycles. The van der Waals surface area contributed by atoms with Crippen LogP contribution in [-0.2, 0) is 16.0 Å². The summed E-state index contributed by atoms with van der Waals surface area (Å²) in [6, 6.07) is 12.9. The van der Waals surface area contributed by atoms with Crippen molar-refractivity contribution in [3.05, 3.63) is 58.1 Å². The van der Waals surface area contributed by atoms with Crippen LogP contribution < -0.4 is 10.6 Å². The summed E-state index contributed by atoms with van der Waals surface area (Å²) in [5.74, 6) is -0.295. The maximum Gasteiger partial charge on any atom is 0.238 e. The fourth-order valence-electron chi connectivity index (χ4n) is 2.53. The number of para-hydroxylation sites is 1. The van der Waals surface area contributed by atoms with Gasteiger partial charge < -0.3 is 10.6 Å². The van der Waals surface area contributed by atoms with E-state index in [0.717, 1.165) is 16.1 Å². The molecule has 130 valence electrons. The predicted octanol–water partition coefficient (Wildman–Crippen LogP) is 4.16. The van der Waals surface area contributed by atoms with Crippen LogP contribution in [0.3, 0.4) is 0 Å². The van der Waals surface area contributed by atoms with Crippen LogP contribution in [-0.4, -0.2) is 23.6 Å². The number of hydrogen-bond donors (Lipinski definition) is 2. The van der Waals surface area contributed by atoms with Crippen molar-refractivity contribution in [2.45, 2.75) is 23.0 Å². The Morgan fingerprint density at radius 3 is 2.80 bits per heavy atom. The van der Waals surface area contributed by atoms with Gasteiger partial charge in [0.25, 0.3) is 0 Å². The highest BCUT2D eigenvalue weighted by molar-refractivity contribution is 8.01. The molecule has 4 nitrogen and oxygen atoms in total. The molecule has 0 radical (unpaired) electrons. The van der Waals surface area contributed by atoms with Gasteiger partial charge in [0.05, 0.1) is 10.9 Å². The topological polar surface area (TPSA) is 58.2 Å². The molecule has 2 aromatic carbocycles. The lowest BCUT2D eigenvalue weighted by Gasteiger charge is -2.23. The number of amides is 2. The van der Waals surface area contributed by atoms with Gasteiger partial charge in [0.15, 0.2) is 0 Å². The second kappa shape index (κ2) is 8.13. The number of fused-ring (bicyclic) bond motifs is 1. The molecule has 0 spiro atoms. The van der Waals surface area contributed by atoms with Crippen LogP contribution in [0.1, 0.15) is 12.0 Å². The van der Waals surface area contributed by atoms with E-state index in [9.17, 15) is 9.59 Å². The van der Waals surface area contributed by atoms with Crippen molar-refractivity contribution in [1.82, 2.24) is 5.32 Å². The van der Waals surface area contributed by atoms with E-state index >= 15 is 0 Å². The summed E-state index contributed by atoms with van der Waals surface area (Å²) in [4.78, 5) is 25.2. The Morgan fingerprint density at radius 1 is 1.20 bits per heavy atom. The third kappa shape index (κ3) is 4.69. The van der Waals surface area contributed by atoms with Gasteiger partial charge in [-0.3, -0.25) is 9.59 Å². The zero-order chi connectivity index (χ0) is 17.8. The van der Waals surface area contributed by atoms with Crippen molar-refractivity contribution >= 4 is 52.5 Å². The highest BCUT2D eigenvalue weighted by Crippen LogP contribution is 2.36. The lowest BCUT2D eigenvalue weighted by Crippen LogP contribution is -2.35. The molecular weight excluding hydrogens is 379 g/mol. The van der Waals surface area contributed by atoms with Crippen molar-refractivity contribution in [3.63, 3.8) is 0 Å². The Morgan fingerprint density at radius 2 is 2.00 bits per heavy atom. The molecule has 0 saturated carbocycles. The first-order chi connectivity index (χ1) is 12.0. The van der Waals surface area contributed by atoms with Crippen LogP contribution in [0.15, 0.2) is 47.4 Å². The van der Waals surface area contributed by atoms with E-state index < -0.39 is 5.25 Å². The lowest BCUT2D eigenvalue weighted by atomic mass is 10.1. The molecule has 2 aromatic rings. The fraction of sp³-hybridized carbons (Fsp3) is 0.222. The minimum atomic E-state index is -0.422. The molecule has 1 atom stereocenters. The van der Waals surface area contributed by atoms with Gasteiger partial charge in [0.1, 0.15) is 0 Å². The van der Waals surface area contributed by atoms with E-state index in [1.54, 1.807) is 12.1 Å². The summed E-state index contributed by atoms with van der Waals surface area (Å²) in [6.45, 7) is 0.454. The van der Waals surface area contributed by atoms with Gasteiger partial charge in [0, 0.05) is 27.9 Å². The molecule has 0 bridgehead atoms. The second-order valence-corrected chi connectivity index (χ2v) is 7.72. The highest BCUT2D eigenvalue weighted by Gasteiger charge is 2.28. The Hall–Kier alpha value is -1.69. The largest absolute Gasteiger partial charge is 0.356 e. The van der Waals surface area contributed by atoms with Gasteiger partial charge in [-0.2, -0.15) is 0 Å². The van der Waals surface area contributed by atoms with E-state index in [-0.39, 0.29) is 18.2 Å². The average molecular weight is 395 g/mol. The van der Waals surface area contributed by atoms with Crippen molar-refractivity contribution < 1.29 is 9.59 Å². The van der Waals surface area contributed by atoms with Gasteiger partial charge in [-0.25, -0.2) is 0 Å².